The number of rotatable bonds is 10. The van der Waals surface area contributed by atoms with Gasteiger partial charge >= 0.3 is 5.97 Å². The maximum atomic E-state index is 12.0. The molecule has 0 aromatic carbocycles. The zero-order valence-corrected chi connectivity index (χ0v) is 13.7. The van der Waals surface area contributed by atoms with Crippen LogP contribution in [0, 0.1) is 0 Å². The van der Waals surface area contributed by atoms with Crippen molar-refractivity contribution in [1.29, 1.82) is 0 Å². The molecule has 0 saturated carbocycles. The monoisotopic (exact) mass is 291 g/mol. The Morgan fingerprint density at radius 3 is 2.53 bits per heavy atom. The van der Waals surface area contributed by atoms with Crippen molar-refractivity contribution < 1.29 is 14.6 Å². The minimum Gasteiger partial charge on any atom is -0.465 e. The molecule has 0 heterocycles. The third-order valence-corrected chi connectivity index (χ3v) is 4.51. The molecule has 3 unspecified atom stereocenters. The minimum atomic E-state index is -0.628. The molecular weight excluding hydrogens is 262 g/mol. The smallest absolute Gasteiger partial charge is 0.326 e. The van der Waals surface area contributed by atoms with Crippen LogP contribution in [0.25, 0.3) is 0 Å². The lowest BCUT2D eigenvalue weighted by Crippen LogP contribution is -2.51. The summed E-state index contributed by atoms with van der Waals surface area (Å²) in [5, 5.41) is 12.9. The van der Waals surface area contributed by atoms with Crippen LogP contribution in [0.2, 0.25) is 0 Å². The van der Waals surface area contributed by atoms with Crippen molar-refractivity contribution in [3.05, 3.63) is 0 Å². The number of aliphatic hydroxyl groups excluding tert-OH is 1. The Bertz CT molecular complexity index is 261. The Kier molecular flexibility index (Phi) is 9.48. The topological polar surface area (TPSA) is 58.6 Å². The highest BCUT2D eigenvalue weighted by molar-refractivity contribution is 7.99. The molecule has 0 saturated heterocycles. The highest BCUT2D eigenvalue weighted by atomic mass is 32.2. The summed E-state index contributed by atoms with van der Waals surface area (Å²) in [5.41, 5.74) is -0.628. The fourth-order valence-electron chi connectivity index (χ4n) is 1.54. The van der Waals surface area contributed by atoms with E-state index in [0.29, 0.717) is 13.0 Å². The van der Waals surface area contributed by atoms with Crippen molar-refractivity contribution >= 4 is 17.7 Å². The van der Waals surface area contributed by atoms with Crippen molar-refractivity contribution in [2.24, 2.45) is 0 Å². The van der Waals surface area contributed by atoms with E-state index in [0.717, 1.165) is 18.7 Å². The van der Waals surface area contributed by atoms with Crippen LogP contribution in [0.5, 0.6) is 0 Å². The van der Waals surface area contributed by atoms with Crippen LogP contribution in [-0.2, 0) is 9.53 Å². The quantitative estimate of drug-likeness (QED) is 0.604. The number of hydrogen-bond donors (Lipinski definition) is 2. The predicted octanol–water partition coefficient (Wildman–Crippen LogP) is 2.20. The summed E-state index contributed by atoms with van der Waals surface area (Å²) in [7, 11) is 0. The number of carbonyl (C=O) groups is 1. The zero-order chi connectivity index (χ0) is 14.9. The van der Waals surface area contributed by atoms with Crippen LogP contribution in [0.15, 0.2) is 0 Å². The van der Waals surface area contributed by atoms with Gasteiger partial charge in [-0.05, 0) is 45.9 Å². The standard InChI is InChI=1S/C14H29NO3S/c1-6-9-15-14(5,13(17)18-7-2)8-10-19-12(4)11(3)16/h11-12,15-16H,6-10H2,1-5H3. The van der Waals surface area contributed by atoms with Gasteiger partial charge in [-0.25, -0.2) is 0 Å². The van der Waals surface area contributed by atoms with Crippen molar-refractivity contribution in [1.82, 2.24) is 5.32 Å². The molecule has 0 aromatic heterocycles. The summed E-state index contributed by atoms with van der Waals surface area (Å²) in [5.74, 6) is 0.631. The lowest BCUT2D eigenvalue weighted by atomic mass is 9.99. The molecule has 0 spiro atoms. The van der Waals surface area contributed by atoms with E-state index in [1.54, 1.807) is 18.7 Å². The van der Waals surface area contributed by atoms with E-state index in [9.17, 15) is 9.90 Å². The first-order valence-electron chi connectivity index (χ1n) is 7.09. The van der Waals surface area contributed by atoms with E-state index >= 15 is 0 Å². The van der Waals surface area contributed by atoms with Crippen LogP contribution in [0.4, 0.5) is 0 Å². The zero-order valence-electron chi connectivity index (χ0n) is 12.9. The number of aliphatic hydroxyl groups is 1. The Balaban J connectivity index is 4.37. The van der Waals surface area contributed by atoms with Crippen molar-refractivity contribution in [2.75, 3.05) is 18.9 Å². The van der Waals surface area contributed by atoms with Crippen LogP contribution in [0.1, 0.15) is 47.5 Å². The maximum Gasteiger partial charge on any atom is 0.326 e. The fourth-order valence-corrected chi connectivity index (χ4v) is 2.72. The van der Waals surface area contributed by atoms with E-state index < -0.39 is 5.54 Å². The van der Waals surface area contributed by atoms with E-state index in [-0.39, 0.29) is 17.3 Å². The second-order valence-electron chi connectivity index (χ2n) is 5.05. The van der Waals surface area contributed by atoms with Gasteiger partial charge in [0, 0.05) is 5.25 Å². The summed E-state index contributed by atoms with van der Waals surface area (Å²) >= 11 is 1.68. The van der Waals surface area contributed by atoms with Crippen molar-refractivity contribution in [3.63, 3.8) is 0 Å². The van der Waals surface area contributed by atoms with Gasteiger partial charge in [-0.3, -0.25) is 4.79 Å². The first kappa shape index (κ1) is 18.7. The summed E-state index contributed by atoms with van der Waals surface area (Å²) < 4.78 is 5.15. The molecule has 114 valence electrons. The molecule has 3 atom stereocenters. The second kappa shape index (κ2) is 9.61. The van der Waals surface area contributed by atoms with Gasteiger partial charge in [0.2, 0.25) is 0 Å². The van der Waals surface area contributed by atoms with E-state index in [4.69, 9.17) is 4.74 Å². The van der Waals surface area contributed by atoms with Gasteiger partial charge in [0.1, 0.15) is 5.54 Å². The van der Waals surface area contributed by atoms with E-state index in [1.807, 2.05) is 20.8 Å². The number of nitrogens with one attached hydrogen (secondary N) is 1. The Hall–Kier alpha value is -0.260. The minimum absolute atomic E-state index is 0.178. The average molecular weight is 291 g/mol. The van der Waals surface area contributed by atoms with Gasteiger partial charge in [-0.2, -0.15) is 11.8 Å². The summed E-state index contributed by atoms with van der Waals surface area (Å²) in [4.78, 5) is 12.0. The van der Waals surface area contributed by atoms with Crippen LogP contribution in [0.3, 0.4) is 0 Å². The molecule has 0 aliphatic carbocycles. The number of esters is 1. The summed E-state index contributed by atoms with van der Waals surface area (Å²) in [6.45, 7) is 10.8. The summed E-state index contributed by atoms with van der Waals surface area (Å²) in [6, 6.07) is 0. The molecule has 19 heavy (non-hydrogen) atoms. The fraction of sp³-hybridized carbons (Fsp3) is 0.929. The Morgan fingerprint density at radius 1 is 1.42 bits per heavy atom. The van der Waals surface area contributed by atoms with E-state index in [2.05, 4.69) is 12.2 Å². The molecule has 0 amide bonds. The lowest BCUT2D eigenvalue weighted by molar-refractivity contribution is -0.150. The van der Waals surface area contributed by atoms with Gasteiger partial charge < -0.3 is 15.2 Å². The third kappa shape index (κ3) is 7.18. The number of ether oxygens (including phenoxy) is 1. The van der Waals surface area contributed by atoms with Gasteiger partial charge in [0.25, 0.3) is 0 Å². The van der Waals surface area contributed by atoms with Gasteiger partial charge in [-0.1, -0.05) is 13.8 Å². The number of carbonyl (C=O) groups excluding carboxylic acids is 1. The van der Waals surface area contributed by atoms with Crippen molar-refractivity contribution in [3.8, 4) is 0 Å². The molecule has 0 aliphatic rings. The maximum absolute atomic E-state index is 12.0. The first-order valence-corrected chi connectivity index (χ1v) is 8.14. The van der Waals surface area contributed by atoms with Gasteiger partial charge in [-0.15, -0.1) is 0 Å². The molecule has 4 nitrogen and oxygen atoms in total. The molecule has 2 N–H and O–H groups in total. The molecular formula is C14H29NO3S. The average Bonchev–Trinajstić information content (AvgIpc) is 2.36. The second-order valence-corrected chi connectivity index (χ2v) is 6.53. The molecule has 0 radical (unpaired) electrons. The van der Waals surface area contributed by atoms with Crippen LogP contribution < -0.4 is 5.32 Å². The first-order chi connectivity index (χ1) is 8.87. The Labute approximate surface area is 121 Å². The molecule has 0 aromatic rings. The summed E-state index contributed by atoms with van der Waals surface area (Å²) in [6.07, 6.45) is 1.35. The Morgan fingerprint density at radius 2 is 2.05 bits per heavy atom. The van der Waals surface area contributed by atoms with Crippen LogP contribution in [-0.4, -0.2) is 46.9 Å². The third-order valence-electron chi connectivity index (χ3n) is 3.15. The molecule has 0 bridgehead atoms. The van der Waals surface area contributed by atoms with Crippen LogP contribution >= 0.6 is 11.8 Å². The molecule has 0 rings (SSSR count). The molecule has 0 fully saturated rings. The lowest BCUT2D eigenvalue weighted by Gasteiger charge is -2.29. The molecule has 0 aliphatic heterocycles. The van der Waals surface area contributed by atoms with Gasteiger partial charge in [0.15, 0.2) is 0 Å². The predicted molar refractivity (Wildman–Crippen MR) is 81.5 cm³/mol. The number of hydrogen-bond acceptors (Lipinski definition) is 5. The normalized spacial score (nSPS) is 17.6. The highest BCUT2D eigenvalue weighted by Crippen LogP contribution is 2.21. The number of thioether (sulfide) groups is 1. The highest BCUT2D eigenvalue weighted by Gasteiger charge is 2.33. The van der Waals surface area contributed by atoms with Gasteiger partial charge in [0.05, 0.1) is 12.7 Å². The van der Waals surface area contributed by atoms with Crippen molar-refractivity contribution in [2.45, 2.75) is 64.4 Å². The SMILES string of the molecule is CCCNC(C)(CCSC(C)C(C)O)C(=O)OCC. The molecule has 5 heteroatoms. The largest absolute Gasteiger partial charge is 0.465 e. The van der Waals surface area contributed by atoms with E-state index in [1.165, 1.54) is 0 Å².